The molecule has 1 fully saturated rings. The van der Waals surface area contributed by atoms with E-state index in [2.05, 4.69) is 10.0 Å². The number of hydrogen-bond acceptors (Lipinski definition) is 4. The lowest BCUT2D eigenvalue weighted by Crippen LogP contribution is -2.33. The van der Waals surface area contributed by atoms with Gasteiger partial charge in [-0.05, 0) is 50.1 Å². The van der Waals surface area contributed by atoms with Crippen LogP contribution in [0.1, 0.15) is 43.0 Å². The fraction of sp³-hybridized carbons (Fsp3) is 0.350. The predicted molar refractivity (Wildman–Crippen MR) is 105 cm³/mol. The van der Waals surface area contributed by atoms with Crippen molar-refractivity contribution in [3.05, 3.63) is 53.8 Å². The zero-order valence-corrected chi connectivity index (χ0v) is 16.4. The lowest BCUT2D eigenvalue weighted by Gasteiger charge is -2.14. The van der Waals surface area contributed by atoms with Crippen LogP contribution in [0.5, 0.6) is 5.75 Å². The van der Waals surface area contributed by atoms with Gasteiger partial charge in [0.1, 0.15) is 16.5 Å². The van der Waals surface area contributed by atoms with Gasteiger partial charge in [0.25, 0.3) is 5.91 Å². The number of sulfonamides is 1. The molecule has 1 aliphatic carbocycles. The topological polar surface area (TPSA) is 84.5 Å². The first-order valence-electron chi connectivity index (χ1n) is 9.26. The third-order valence-electron chi connectivity index (χ3n) is 4.59. The van der Waals surface area contributed by atoms with E-state index in [1.165, 1.54) is 6.07 Å². The minimum absolute atomic E-state index is 0.0412. The number of carbonyl (C=O) groups is 1. The van der Waals surface area contributed by atoms with Crippen LogP contribution in [0, 0.1) is 5.82 Å². The maximum atomic E-state index is 14.2. The van der Waals surface area contributed by atoms with Gasteiger partial charge in [-0.1, -0.05) is 25.0 Å². The summed E-state index contributed by atoms with van der Waals surface area (Å²) in [4.78, 5) is 12.1. The standard InChI is InChI=1S/C20H23FN2O4S/c1-2-27-18-10-6-5-9-17(18)22-20(24)14-11-12-16(21)19(13-14)28(25,26)23-15-7-3-4-8-15/h5-6,9-13,15,23H,2-4,7-8H2,1H3,(H,22,24). The Kier molecular flexibility index (Phi) is 6.31. The Hall–Kier alpha value is -2.45. The van der Waals surface area contributed by atoms with Crippen molar-refractivity contribution < 1.29 is 22.3 Å². The third-order valence-corrected chi connectivity index (χ3v) is 6.13. The molecule has 2 aromatic carbocycles. The van der Waals surface area contributed by atoms with Crippen molar-refractivity contribution in [1.29, 1.82) is 0 Å². The quantitative estimate of drug-likeness (QED) is 0.734. The Bertz CT molecular complexity index is 956. The number of para-hydroxylation sites is 2. The molecule has 3 rings (SSSR count). The highest BCUT2D eigenvalue weighted by Gasteiger charge is 2.26. The molecule has 0 aliphatic heterocycles. The Morgan fingerprint density at radius 2 is 1.89 bits per heavy atom. The summed E-state index contributed by atoms with van der Waals surface area (Å²) in [6.45, 7) is 2.26. The molecule has 6 nitrogen and oxygen atoms in total. The van der Waals surface area contributed by atoms with Crippen LogP contribution in [0.3, 0.4) is 0 Å². The van der Waals surface area contributed by atoms with Crippen molar-refractivity contribution in [2.75, 3.05) is 11.9 Å². The molecule has 0 bridgehead atoms. The maximum Gasteiger partial charge on any atom is 0.255 e. The van der Waals surface area contributed by atoms with Crippen LogP contribution in [-0.4, -0.2) is 27.0 Å². The Morgan fingerprint density at radius 3 is 2.61 bits per heavy atom. The van der Waals surface area contributed by atoms with Crippen molar-refractivity contribution in [1.82, 2.24) is 4.72 Å². The van der Waals surface area contributed by atoms with E-state index in [1.54, 1.807) is 24.3 Å². The number of ether oxygens (including phenoxy) is 1. The highest BCUT2D eigenvalue weighted by Crippen LogP contribution is 2.26. The number of anilines is 1. The molecule has 0 saturated heterocycles. The van der Waals surface area contributed by atoms with Crippen molar-refractivity contribution in [3.63, 3.8) is 0 Å². The Morgan fingerprint density at radius 1 is 1.18 bits per heavy atom. The van der Waals surface area contributed by atoms with Gasteiger partial charge in [0, 0.05) is 11.6 Å². The van der Waals surface area contributed by atoms with Crippen molar-refractivity contribution in [3.8, 4) is 5.75 Å². The molecule has 0 aromatic heterocycles. The SMILES string of the molecule is CCOc1ccccc1NC(=O)c1ccc(F)c(S(=O)(=O)NC2CCCC2)c1. The molecule has 1 amide bonds. The van der Waals surface area contributed by atoms with Crippen LogP contribution in [0.15, 0.2) is 47.4 Å². The van der Waals surface area contributed by atoms with Gasteiger partial charge in [-0.3, -0.25) is 4.79 Å². The second-order valence-electron chi connectivity index (χ2n) is 6.63. The molecule has 0 radical (unpaired) electrons. The van der Waals surface area contributed by atoms with Crippen LogP contribution in [-0.2, 0) is 10.0 Å². The largest absolute Gasteiger partial charge is 0.492 e. The van der Waals surface area contributed by atoms with E-state index in [9.17, 15) is 17.6 Å². The summed E-state index contributed by atoms with van der Waals surface area (Å²) < 4.78 is 47.4. The molecule has 1 aliphatic rings. The van der Waals surface area contributed by atoms with Gasteiger partial charge in [-0.25, -0.2) is 17.5 Å². The first-order valence-corrected chi connectivity index (χ1v) is 10.7. The molecular formula is C20H23FN2O4S. The Labute approximate surface area is 164 Å². The fourth-order valence-corrected chi connectivity index (χ4v) is 4.63. The van der Waals surface area contributed by atoms with E-state index in [1.807, 2.05) is 6.92 Å². The zero-order chi connectivity index (χ0) is 20.1. The van der Waals surface area contributed by atoms with Crippen molar-refractivity contribution in [2.24, 2.45) is 0 Å². The van der Waals surface area contributed by atoms with E-state index in [4.69, 9.17) is 4.74 Å². The van der Waals surface area contributed by atoms with E-state index in [-0.39, 0.29) is 11.6 Å². The first-order chi connectivity index (χ1) is 13.4. The van der Waals surface area contributed by atoms with Gasteiger partial charge in [0.15, 0.2) is 0 Å². The third kappa shape index (κ3) is 4.69. The minimum Gasteiger partial charge on any atom is -0.492 e. The number of benzene rings is 2. The van der Waals surface area contributed by atoms with Crippen LogP contribution in [0.2, 0.25) is 0 Å². The summed E-state index contributed by atoms with van der Waals surface area (Å²) in [6.07, 6.45) is 3.35. The van der Waals surface area contributed by atoms with E-state index < -0.39 is 26.6 Å². The summed E-state index contributed by atoms with van der Waals surface area (Å²) in [7, 11) is -4.05. The van der Waals surface area contributed by atoms with Crippen LogP contribution in [0.25, 0.3) is 0 Å². The summed E-state index contributed by atoms with van der Waals surface area (Å²) in [5, 5.41) is 2.68. The summed E-state index contributed by atoms with van der Waals surface area (Å²) >= 11 is 0. The summed E-state index contributed by atoms with van der Waals surface area (Å²) in [5.41, 5.74) is 0.492. The van der Waals surface area contributed by atoms with Crippen molar-refractivity contribution in [2.45, 2.75) is 43.5 Å². The molecule has 0 spiro atoms. The highest BCUT2D eigenvalue weighted by molar-refractivity contribution is 7.89. The Balaban J connectivity index is 1.83. The number of amides is 1. The molecule has 8 heteroatoms. The summed E-state index contributed by atoms with van der Waals surface area (Å²) in [6, 6.07) is 10.0. The number of hydrogen-bond donors (Lipinski definition) is 2. The van der Waals surface area contributed by atoms with Crippen LogP contribution >= 0.6 is 0 Å². The molecule has 0 atom stereocenters. The van der Waals surface area contributed by atoms with Gasteiger partial charge in [-0.2, -0.15) is 0 Å². The average Bonchev–Trinajstić information content (AvgIpc) is 3.16. The molecule has 0 heterocycles. The monoisotopic (exact) mass is 406 g/mol. The summed E-state index contributed by atoms with van der Waals surface area (Å²) in [5.74, 6) is -0.947. The lowest BCUT2D eigenvalue weighted by atomic mass is 10.2. The number of rotatable bonds is 7. The number of halogens is 1. The van der Waals surface area contributed by atoms with Crippen LogP contribution in [0.4, 0.5) is 10.1 Å². The number of carbonyl (C=O) groups excluding carboxylic acids is 1. The molecule has 28 heavy (non-hydrogen) atoms. The van der Waals surface area contributed by atoms with Gasteiger partial charge < -0.3 is 10.1 Å². The van der Waals surface area contributed by atoms with E-state index >= 15 is 0 Å². The van der Waals surface area contributed by atoms with Gasteiger partial charge in [0.2, 0.25) is 10.0 Å². The van der Waals surface area contributed by atoms with E-state index in [0.717, 1.165) is 37.8 Å². The predicted octanol–water partition coefficient (Wildman–Crippen LogP) is 3.70. The highest BCUT2D eigenvalue weighted by atomic mass is 32.2. The maximum absolute atomic E-state index is 14.2. The minimum atomic E-state index is -4.05. The molecule has 0 unspecified atom stereocenters. The van der Waals surface area contributed by atoms with Crippen LogP contribution < -0.4 is 14.8 Å². The van der Waals surface area contributed by atoms with Gasteiger partial charge >= 0.3 is 0 Å². The normalized spacial score (nSPS) is 14.8. The van der Waals surface area contributed by atoms with Gasteiger partial charge in [0.05, 0.1) is 12.3 Å². The molecule has 150 valence electrons. The van der Waals surface area contributed by atoms with E-state index in [0.29, 0.717) is 18.0 Å². The first kappa shape index (κ1) is 20.3. The number of nitrogens with one attached hydrogen (secondary N) is 2. The second kappa shape index (κ2) is 8.70. The average molecular weight is 406 g/mol. The molecule has 2 aromatic rings. The second-order valence-corrected chi connectivity index (χ2v) is 8.31. The molecule has 2 N–H and O–H groups in total. The van der Waals surface area contributed by atoms with Crippen molar-refractivity contribution >= 4 is 21.6 Å². The zero-order valence-electron chi connectivity index (χ0n) is 15.6. The molecular weight excluding hydrogens is 383 g/mol. The lowest BCUT2D eigenvalue weighted by molar-refractivity contribution is 0.102. The fourth-order valence-electron chi connectivity index (χ4n) is 3.22. The van der Waals surface area contributed by atoms with Gasteiger partial charge in [-0.15, -0.1) is 0 Å². The molecule has 1 saturated carbocycles. The smallest absolute Gasteiger partial charge is 0.255 e.